The summed E-state index contributed by atoms with van der Waals surface area (Å²) >= 11 is 6.26. The van der Waals surface area contributed by atoms with Crippen LogP contribution in [0, 0.1) is 0 Å². The van der Waals surface area contributed by atoms with Crippen LogP contribution in [-0.4, -0.2) is 45.9 Å². The number of nitrogens with one attached hydrogen (secondary N) is 1. The van der Waals surface area contributed by atoms with Crippen LogP contribution >= 0.6 is 24.0 Å². The van der Waals surface area contributed by atoms with E-state index in [1.807, 2.05) is 0 Å². The van der Waals surface area contributed by atoms with E-state index in [4.69, 9.17) is 26.8 Å². The molecule has 1 aliphatic heterocycles. The van der Waals surface area contributed by atoms with Crippen LogP contribution in [0.2, 0.25) is 0 Å². The summed E-state index contributed by atoms with van der Waals surface area (Å²) in [5.74, 6) is -1.38. The van der Waals surface area contributed by atoms with Crippen molar-refractivity contribution >= 4 is 52.2 Å². The highest BCUT2D eigenvalue weighted by atomic mass is 32.2. The Morgan fingerprint density at radius 1 is 1.23 bits per heavy atom. The number of ether oxygens (including phenoxy) is 2. The number of benzene rings is 2. The molecular formula is C20H16N2O6S2. The van der Waals surface area contributed by atoms with Gasteiger partial charge >= 0.3 is 5.97 Å². The van der Waals surface area contributed by atoms with Crippen LogP contribution in [0.1, 0.15) is 15.9 Å². The zero-order chi connectivity index (χ0) is 21.7. The summed E-state index contributed by atoms with van der Waals surface area (Å²) < 4.78 is 10.5. The third-order valence-corrected chi connectivity index (χ3v) is 5.18. The van der Waals surface area contributed by atoms with Crippen LogP contribution < -0.4 is 14.9 Å². The Bertz CT molecular complexity index is 1050. The molecule has 154 valence electrons. The molecule has 0 spiro atoms. The number of para-hydroxylation sites is 1. The normalized spacial score (nSPS) is 14.7. The molecule has 3 rings (SSSR count). The van der Waals surface area contributed by atoms with Crippen molar-refractivity contribution < 1.29 is 29.0 Å². The van der Waals surface area contributed by atoms with Crippen molar-refractivity contribution in [1.82, 2.24) is 10.4 Å². The fraction of sp³-hybridized carbons (Fsp3) is 0.100. The smallest absolute Gasteiger partial charge is 0.341 e. The molecule has 1 saturated heterocycles. The lowest BCUT2D eigenvalue weighted by molar-refractivity contribution is -0.139. The zero-order valence-electron chi connectivity index (χ0n) is 15.7. The topological polar surface area (TPSA) is 105 Å². The van der Waals surface area contributed by atoms with Crippen LogP contribution in [0.15, 0.2) is 53.4 Å². The second-order valence-electron chi connectivity index (χ2n) is 5.91. The Kier molecular flexibility index (Phi) is 6.70. The average Bonchev–Trinajstić information content (AvgIpc) is 2.99. The lowest BCUT2D eigenvalue weighted by Gasteiger charge is -2.16. The monoisotopic (exact) mass is 444 g/mol. The Hall–Kier alpha value is -3.37. The Labute approximate surface area is 181 Å². The first-order valence-electron chi connectivity index (χ1n) is 8.55. The van der Waals surface area contributed by atoms with E-state index in [1.54, 1.807) is 54.6 Å². The molecule has 10 heteroatoms. The number of carbonyl (C=O) groups excluding carboxylic acids is 2. The molecule has 0 radical (unpaired) electrons. The van der Waals surface area contributed by atoms with E-state index in [0.717, 1.165) is 16.8 Å². The van der Waals surface area contributed by atoms with E-state index in [-0.39, 0.29) is 9.88 Å². The molecule has 0 aromatic heterocycles. The van der Waals surface area contributed by atoms with Gasteiger partial charge in [-0.1, -0.05) is 36.0 Å². The Balaban J connectivity index is 1.75. The highest BCUT2D eigenvalue weighted by Crippen LogP contribution is 2.32. The largest absolute Gasteiger partial charge is 0.496 e. The number of carboxylic acids is 1. The molecule has 1 fully saturated rings. The van der Waals surface area contributed by atoms with Crippen LogP contribution in [0.4, 0.5) is 0 Å². The van der Waals surface area contributed by atoms with Gasteiger partial charge in [0.2, 0.25) is 0 Å². The summed E-state index contributed by atoms with van der Waals surface area (Å²) in [5.41, 5.74) is 3.39. The molecule has 1 aliphatic rings. The minimum absolute atomic E-state index is 0.174. The minimum Gasteiger partial charge on any atom is -0.496 e. The molecule has 0 bridgehead atoms. The molecule has 2 aromatic carbocycles. The highest BCUT2D eigenvalue weighted by Gasteiger charge is 2.34. The predicted molar refractivity (Wildman–Crippen MR) is 115 cm³/mol. The highest BCUT2D eigenvalue weighted by molar-refractivity contribution is 8.26. The van der Waals surface area contributed by atoms with E-state index in [1.165, 1.54) is 7.11 Å². The molecule has 0 saturated carbocycles. The second kappa shape index (κ2) is 9.42. The lowest BCUT2D eigenvalue weighted by Crippen LogP contribution is -2.44. The summed E-state index contributed by atoms with van der Waals surface area (Å²) in [4.78, 5) is 36.2. The third-order valence-electron chi connectivity index (χ3n) is 3.88. The first-order chi connectivity index (χ1) is 14.4. The SMILES string of the molecule is COc1ccccc1C(=O)NN1C(=O)/C(=C\c2cccc(OCC(=O)O)c2)SC1=S. The number of thioether (sulfide) groups is 1. The molecule has 2 aromatic rings. The van der Waals surface area contributed by atoms with Crippen molar-refractivity contribution in [1.29, 1.82) is 0 Å². The van der Waals surface area contributed by atoms with E-state index >= 15 is 0 Å². The van der Waals surface area contributed by atoms with Gasteiger partial charge in [0.15, 0.2) is 10.9 Å². The first-order valence-corrected chi connectivity index (χ1v) is 9.78. The predicted octanol–water partition coefficient (Wildman–Crippen LogP) is 2.70. The Morgan fingerprint density at radius 3 is 2.73 bits per heavy atom. The lowest BCUT2D eigenvalue weighted by atomic mass is 10.2. The minimum atomic E-state index is -1.09. The van der Waals surface area contributed by atoms with Crippen LogP contribution in [0.25, 0.3) is 6.08 Å². The summed E-state index contributed by atoms with van der Waals surface area (Å²) in [6, 6.07) is 13.2. The molecule has 1 heterocycles. The van der Waals surface area contributed by atoms with Gasteiger partial charge in [0, 0.05) is 0 Å². The molecule has 0 aliphatic carbocycles. The number of aliphatic carboxylic acids is 1. The number of rotatable bonds is 7. The van der Waals surface area contributed by atoms with Crippen molar-refractivity contribution in [2.24, 2.45) is 0 Å². The summed E-state index contributed by atoms with van der Waals surface area (Å²) in [7, 11) is 1.45. The van der Waals surface area contributed by atoms with Crippen molar-refractivity contribution in [2.75, 3.05) is 13.7 Å². The van der Waals surface area contributed by atoms with Gasteiger partial charge in [0.05, 0.1) is 17.6 Å². The summed E-state index contributed by atoms with van der Waals surface area (Å²) in [5, 5.41) is 9.71. The molecule has 30 heavy (non-hydrogen) atoms. The van der Waals surface area contributed by atoms with Gasteiger partial charge in [-0.2, -0.15) is 5.01 Å². The van der Waals surface area contributed by atoms with Crippen LogP contribution in [0.3, 0.4) is 0 Å². The number of hydrogen-bond donors (Lipinski definition) is 2. The van der Waals surface area contributed by atoms with Gasteiger partial charge < -0.3 is 14.6 Å². The van der Waals surface area contributed by atoms with Gasteiger partial charge in [0.1, 0.15) is 11.5 Å². The van der Waals surface area contributed by atoms with Crippen molar-refractivity contribution in [2.45, 2.75) is 0 Å². The molecule has 2 amide bonds. The maximum Gasteiger partial charge on any atom is 0.341 e. The maximum absolute atomic E-state index is 12.7. The number of methoxy groups -OCH3 is 1. The number of carbonyl (C=O) groups is 3. The standard InChI is InChI=1S/C20H16N2O6S2/c1-27-15-8-3-2-7-14(15)18(25)21-22-19(26)16(30-20(22)29)10-12-5-4-6-13(9-12)28-11-17(23)24/h2-10H,11H2,1H3,(H,21,25)(H,23,24)/b16-10+. The first kappa shape index (κ1) is 21.3. The zero-order valence-corrected chi connectivity index (χ0v) is 17.3. The Morgan fingerprint density at radius 2 is 2.00 bits per heavy atom. The van der Waals surface area contributed by atoms with Crippen LogP contribution in [-0.2, 0) is 9.59 Å². The van der Waals surface area contributed by atoms with Gasteiger partial charge in [-0.3, -0.25) is 15.0 Å². The number of nitrogens with zero attached hydrogens (tertiary/aromatic N) is 1. The second-order valence-corrected chi connectivity index (χ2v) is 7.59. The molecule has 2 N–H and O–H groups in total. The summed E-state index contributed by atoms with van der Waals surface area (Å²) in [6.07, 6.45) is 1.59. The quantitative estimate of drug-likeness (QED) is 0.496. The van der Waals surface area contributed by atoms with Crippen LogP contribution in [0.5, 0.6) is 11.5 Å². The van der Waals surface area contributed by atoms with E-state index in [9.17, 15) is 14.4 Å². The van der Waals surface area contributed by atoms with E-state index in [0.29, 0.717) is 22.0 Å². The van der Waals surface area contributed by atoms with E-state index in [2.05, 4.69) is 5.43 Å². The number of hydrazine groups is 1. The van der Waals surface area contributed by atoms with E-state index < -0.39 is 24.4 Å². The summed E-state index contributed by atoms with van der Waals surface area (Å²) in [6.45, 7) is -0.472. The third kappa shape index (κ3) is 4.97. The van der Waals surface area contributed by atoms with Gasteiger partial charge in [-0.25, -0.2) is 4.79 Å². The molecular weight excluding hydrogens is 428 g/mol. The van der Waals surface area contributed by atoms with Gasteiger partial charge in [-0.05, 0) is 48.1 Å². The molecule has 0 atom stereocenters. The number of thiocarbonyl (C=S) groups is 1. The van der Waals surface area contributed by atoms with Crippen molar-refractivity contribution in [3.8, 4) is 11.5 Å². The fourth-order valence-corrected chi connectivity index (χ4v) is 3.73. The fourth-order valence-electron chi connectivity index (χ4n) is 2.55. The van der Waals surface area contributed by atoms with Gasteiger partial charge in [0.25, 0.3) is 11.8 Å². The molecule has 0 unspecified atom stereocenters. The van der Waals surface area contributed by atoms with Crippen molar-refractivity contribution in [3.63, 3.8) is 0 Å². The average molecular weight is 444 g/mol. The maximum atomic E-state index is 12.7. The number of carboxylic acid groups (broad SMARTS) is 1. The number of amides is 2. The van der Waals surface area contributed by atoms with Crippen molar-refractivity contribution in [3.05, 3.63) is 64.6 Å². The molecule has 8 nitrogen and oxygen atoms in total. The van der Waals surface area contributed by atoms with Gasteiger partial charge in [-0.15, -0.1) is 0 Å². The number of hydrogen-bond acceptors (Lipinski definition) is 7.